The molecule has 0 bridgehead atoms. The Bertz CT molecular complexity index is 504. The Morgan fingerprint density at radius 1 is 1.29 bits per heavy atom. The summed E-state index contributed by atoms with van der Waals surface area (Å²) < 4.78 is 12.3. The maximum Gasteiger partial charge on any atom is 0.163 e. The molecule has 0 aromatic heterocycles. The van der Waals surface area contributed by atoms with Crippen molar-refractivity contribution in [3.63, 3.8) is 0 Å². The summed E-state index contributed by atoms with van der Waals surface area (Å²) in [6.45, 7) is 3.79. The van der Waals surface area contributed by atoms with E-state index in [4.69, 9.17) is 15.9 Å². The molecule has 2 rings (SSSR count). The van der Waals surface area contributed by atoms with Gasteiger partial charge in [0.25, 0.3) is 0 Å². The fraction of sp³-hybridized carbons (Fsp3) is 0.529. The minimum absolute atomic E-state index is 0.250. The molecule has 21 heavy (non-hydrogen) atoms. The summed E-state index contributed by atoms with van der Waals surface area (Å²) in [7, 11) is 0. The van der Waals surface area contributed by atoms with Gasteiger partial charge in [0, 0.05) is 10.0 Å². The minimum atomic E-state index is 0.250. The Labute approximate surface area is 135 Å². The van der Waals surface area contributed by atoms with E-state index >= 15 is 0 Å². The molecule has 0 amide bonds. The van der Waals surface area contributed by atoms with E-state index < -0.39 is 0 Å². The van der Waals surface area contributed by atoms with Gasteiger partial charge in [-0.2, -0.15) is 0 Å². The Kier molecular flexibility index (Phi) is 6.41. The first kappa shape index (κ1) is 16.2. The van der Waals surface area contributed by atoms with Crippen molar-refractivity contribution in [2.24, 2.45) is 0 Å². The van der Waals surface area contributed by atoms with Gasteiger partial charge in [0.2, 0.25) is 0 Å². The second kappa shape index (κ2) is 8.31. The lowest BCUT2D eigenvalue weighted by atomic mass is 10.1. The zero-order valence-electron chi connectivity index (χ0n) is 12.5. The highest BCUT2D eigenvalue weighted by Crippen LogP contribution is 2.33. The van der Waals surface area contributed by atoms with E-state index in [1.165, 1.54) is 31.2 Å². The van der Waals surface area contributed by atoms with Crippen molar-refractivity contribution < 1.29 is 14.8 Å². The topological polar surface area (TPSA) is 35.1 Å². The molecule has 0 aliphatic heterocycles. The zero-order chi connectivity index (χ0) is 15.1. The molecule has 3 nitrogen and oxygen atoms in total. The number of hydrogen-bond donors (Lipinski definition) is 1. The van der Waals surface area contributed by atoms with Crippen LogP contribution < -0.4 is 14.8 Å². The number of quaternary nitrogens is 1. The number of rotatable bonds is 7. The van der Waals surface area contributed by atoms with Crippen LogP contribution >= 0.6 is 15.9 Å². The quantitative estimate of drug-likeness (QED) is 0.765. The fourth-order valence-corrected chi connectivity index (χ4v) is 3.21. The molecule has 1 saturated carbocycles. The molecule has 1 aliphatic rings. The maximum absolute atomic E-state index is 5.67. The maximum atomic E-state index is 5.67. The summed E-state index contributed by atoms with van der Waals surface area (Å²) in [6.07, 6.45) is 10.7. The molecule has 0 saturated heterocycles. The standard InChI is InChI=1S/C17H22BrNO2/c1-3-9-21-17-11-15(18)13(10-16(17)20-4-2)12-19-14-7-5-6-8-14/h1,10-11,14,19H,4-9,12H2,2H3/p+1. The number of halogens is 1. The Morgan fingerprint density at radius 3 is 2.67 bits per heavy atom. The second-order valence-corrected chi connectivity index (χ2v) is 6.15. The summed E-state index contributed by atoms with van der Waals surface area (Å²) in [5, 5.41) is 2.44. The lowest BCUT2D eigenvalue weighted by Crippen LogP contribution is -2.87. The lowest BCUT2D eigenvalue weighted by Gasteiger charge is -2.15. The Balaban J connectivity index is 2.09. The van der Waals surface area contributed by atoms with Gasteiger partial charge in [0.1, 0.15) is 13.2 Å². The Hall–Kier alpha value is -1.18. The molecule has 0 heterocycles. The molecule has 0 unspecified atom stereocenters. The van der Waals surface area contributed by atoms with E-state index in [2.05, 4.69) is 33.2 Å². The lowest BCUT2D eigenvalue weighted by molar-refractivity contribution is -0.703. The van der Waals surface area contributed by atoms with Crippen molar-refractivity contribution in [3.05, 3.63) is 22.2 Å². The minimum Gasteiger partial charge on any atom is -0.490 e. The molecule has 0 spiro atoms. The van der Waals surface area contributed by atoms with Gasteiger partial charge in [-0.05, 0) is 44.7 Å². The van der Waals surface area contributed by atoms with Crippen LogP contribution in [0.5, 0.6) is 11.5 Å². The fourth-order valence-electron chi connectivity index (χ4n) is 2.72. The predicted molar refractivity (Wildman–Crippen MR) is 87.5 cm³/mol. The smallest absolute Gasteiger partial charge is 0.163 e. The highest BCUT2D eigenvalue weighted by Gasteiger charge is 2.19. The molecule has 2 N–H and O–H groups in total. The SMILES string of the molecule is C#CCOc1cc(Br)c(C[NH2+]C2CCCC2)cc1OCC. The van der Waals surface area contributed by atoms with Crippen molar-refractivity contribution in [2.75, 3.05) is 13.2 Å². The highest BCUT2D eigenvalue weighted by atomic mass is 79.9. The normalized spacial score (nSPS) is 14.9. The first-order valence-electron chi connectivity index (χ1n) is 7.59. The van der Waals surface area contributed by atoms with Crippen LogP contribution in [0.4, 0.5) is 0 Å². The first-order chi connectivity index (χ1) is 10.2. The summed E-state index contributed by atoms with van der Waals surface area (Å²) in [4.78, 5) is 0. The molecular formula is C17H23BrNO2+. The van der Waals surface area contributed by atoms with Gasteiger partial charge < -0.3 is 14.8 Å². The molecule has 4 heteroatoms. The average Bonchev–Trinajstić information content (AvgIpc) is 2.99. The van der Waals surface area contributed by atoms with Gasteiger partial charge in [0.05, 0.1) is 12.6 Å². The molecule has 114 valence electrons. The summed E-state index contributed by atoms with van der Waals surface area (Å²) in [5.74, 6) is 3.95. The van der Waals surface area contributed by atoms with E-state index in [-0.39, 0.29) is 6.61 Å². The van der Waals surface area contributed by atoms with Crippen LogP contribution in [0.1, 0.15) is 38.2 Å². The molecule has 0 radical (unpaired) electrons. The van der Waals surface area contributed by atoms with Crippen LogP contribution in [0.2, 0.25) is 0 Å². The van der Waals surface area contributed by atoms with Crippen LogP contribution in [0.3, 0.4) is 0 Å². The monoisotopic (exact) mass is 352 g/mol. The van der Waals surface area contributed by atoms with Crippen molar-refractivity contribution >= 4 is 15.9 Å². The van der Waals surface area contributed by atoms with E-state index in [0.29, 0.717) is 12.4 Å². The van der Waals surface area contributed by atoms with Gasteiger partial charge >= 0.3 is 0 Å². The van der Waals surface area contributed by atoms with E-state index in [1.807, 2.05) is 13.0 Å². The number of ether oxygens (including phenoxy) is 2. The number of nitrogens with two attached hydrogens (primary N) is 1. The van der Waals surface area contributed by atoms with Crippen molar-refractivity contribution in [1.82, 2.24) is 0 Å². The van der Waals surface area contributed by atoms with Gasteiger partial charge in [-0.25, -0.2) is 0 Å². The largest absolute Gasteiger partial charge is 0.490 e. The van der Waals surface area contributed by atoms with Gasteiger partial charge in [0.15, 0.2) is 11.5 Å². The van der Waals surface area contributed by atoms with Crippen LogP contribution in [0.15, 0.2) is 16.6 Å². The van der Waals surface area contributed by atoms with E-state index in [9.17, 15) is 0 Å². The summed E-state index contributed by atoms with van der Waals surface area (Å²) in [5.41, 5.74) is 1.23. The second-order valence-electron chi connectivity index (χ2n) is 5.30. The molecule has 1 aromatic carbocycles. The van der Waals surface area contributed by atoms with Gasteiger partial charge in [-0.3, -0.25) is 0 Å². The molecule has 1 aromatic rings. The number of terminal acetylenes is 1. The van der Waals surface area contributed by atoms with Crippen LogP contribution in [0.25, 0.3) is 0 Å². The average molecular weight is 353 g/mol. The van der Waals surface area contributed by atoms with Gasteiger partial charge in [-0.15, -0.1) is 6.42 Å². The number of hydrogen-bond acceptors (Lipinski definition) is 2. The van der Waals surface area contributed by atoms with Crippen molar-refractivity contribution in [3.8, 4) is 23.8 Å². The summed E-state index contributed by atoms with van der Waals surface area (Å²) >= 11 is 3.63. The third-order valence-electron chi connectivity index (χ3n) is 3.79. The van der Waals surface area contributed by atoms with Crippen LogP contribution in [0, 0.1) is 12.3 Å². The van der Waals surface area contributed by atoms with Crippen LogP contribution in [-0.4, -0.2) is 19.3 Å². The molecular weight excluding hydrogens is 330 g/mol. The van der Waals surface area contributed by atoms with Crippen molar-refractivity contribution in [1.29, 1.82) is 0 Å². The number of benzene rings is 1. The Morgan fingerprint density at radius 2 is 2.00 bits per heavy atom. The molecule has 1 fully saturated rings. The first-order valence-corrected chi connectivity index (χ1v) is 8.38. The summed E-state index contributed by atoms with van der Waals surface area (Å²) in [6, 6.07) is 4.79. The third-order valence-corrected chi connectivity index (χ3v) is 4.53. The molecule has 0 atom stereocenters. The zero-order valence-corrected chi connectivity index (χ0v) is 14.1. The highest BCUT2D eigenvalue weighted by molar-refractivity contribution is 9.10. The van der Waals surface area contributed by atoms with Crippen LogP contribution in [-0.2, 0) is 6.54 Å². The van der Waals surface area contributed by atoms with Gasteiger partial charge in [-0.1, -0.05) is 21.9 Å². The van der Waals surface area contributed by atoms with E-state index in [0.717, 1.165) is 22.8 Å². The third kappa shape index (κ3) is 4.66. The molecule has 1 aliphatic carbocycles. The predicted octanol–water partition coefficient (Wildman–Crippen LogP) is 2.87. The van der Waals surface area contributed by atoms with E-state index in [1.54, 1.807) is 0 Å². The van der Waals surface area contributed by atoms with Crippen molar-refractivity contribution in [2.45, 2.75) is 45.2 Å².